The van der Waals surface area contributed by atoms with Gasteiger partial charge in [-0.25, -0.2) is 0 Å². The summed E-state index contributed by atoms with van der Waals surface area (Å²) in [7, 11) is 1.63. The molecule has 0 heterocycles. The van der Waals surface area contributed by atoms with E-state index in [0.717, 1.165) is 0 Å². The Labute approximate surface area is 95.8 Å². The largest absolute Gasteiger partial charge is 0.569 e. The molecule has 0 radical (unpaired) electrons. The number of ether oxygens (including phenoxy) is 1. The molecule has 0 aliphatic carbocycles. The molecular weight excluding hydrogens is 214 g/mol. The first kappa shape index (κ1) is 14.9. The van der Waals surface area contributed by atoms with Crippen molar-refractivity contribution in [3.63, 3.8) is 0 Å². The lowest BCUT2D eigenvalue weighted by molar-refractivity contribution is -0.719. The molecule has 0 aromatic rings. The third-order valence-corrected chi connectivity index (χ3v) is 1.91. The van der Waals surface area contributed by atoms with E-state index in [1.807, 2.05) is 20.8 Å². The van der Waals surface area contributed by atoms with Crippen molar-refractivity contribution < 1.29 is 19.7 Å². The predicted molar refractivity (Wildman–Crippen MR) is 57.4 cm³/mol. The highest BCUT2D eigenvalue weighted by atomic mass is 16.7. The first-order chi connectivity index (χ1) is 7.39. The van der Waals surface area contributed by atoms with Gasteiger partial charge in [-0.05, 0) is 20.8 Å². The second-order valence-electron chi connectivity index (χ2n) is 4.20. The van der Waals surface area contributed by atoms with Crippen molar-refractivity contribution in [1.29, 1.82) is 0 Å². The summed E-state index contributed by atoms with van der Waals surface area (Å²) in [6.07, 6.45) is 0. The molecule has 16 heavy (non-hydrogen) atoms. The highest BCUT2D eigenvalue weighted by Crippen LogP contribution is 2.10. The average molecular weight is 235 g/mol. The van der Waals surface area contributed by atoms with Gasteiger partial charge in [-0.3, -0.25) is 0 Å². The van der Waals surface area contributed by atoms with Gasteiger partial charge in [0.1, 0.15) is 6.61 Å². The van der Waals surface area contributed by atoms with Crippen LogP contribution in [-0.4, -0.2) is 54.1 Å². The summed E-state index contributed by atoms with van der Waals surface area (Å²) in [6, 6.07) is 0. The van der Waals surface area contributed by atoms with Crippen LogP contribution in [0.4, 0.5) is 0 Å². The molecule has 0 fully saturated rings. The maximum absolute atomic E-state index is 11.3. The zero-order valence-electron chi connectivity index (χ0n) is 10.3. The van der Waals surface area contributed by atoms with E-state index in [9.17, 15) is 5.21 Å². The van der Waals surface area contributed by atoms with Gasteiger partial charge in [-0.15, -0.1) is 5.01 Å². The second-order valence-corrected chi connectivity index (χ2v) is 4.20. The van der Waals surface area contributed by atoms with E-state index < -0.39 is 0 Å². The van der Waals surface area contributed by atoms with E-state index in [1.54, 1.807) is 7.05 Å². The molecule has 0 amide bonds. The second kappa shape index (κ2) is 7.24. The third-order valence-electron chi connectivity index (χ3n) is 1.91. The molecule has 0 spiro atoms. The Morgan fingerprint density at radius 2 is 1.94 bits per heavy atom. The quantitative estimate of drug-likeness (QED) is 0.301. The van der Waals surface area contributed by atoms with Gasteiger partial charge < -0.3 is 19.9 Å². The number of aliphatic hydroxyl groups is 1. The minimum absolute atomic E-state index is 0.0302. The van der Waals surface area contributed by atoms with Gasteiger partial charge in [-0.2, -0.15) is 0 Å². The van der Waals surface area contributed by atoms with Crippen molar-refractivity contribution in [2.45, 2.75) is 26.3 Å². The Morgan fingerprint density at radius 3 is 2.44 bits per heavy atom. The van der Waals surface area contributed by atoms with Gasteiger partial charge in [-0.1, -0.05) is 0 Å². The van der Waals surface area contributed by atoms with Gasteiger partial charge in [0.2, 0.25) is 5.28 Å². The number of rotatable bonds is 7. The van der Waals surface area contributed by atoms with Gasteiger partial charge in [0, 0.05) is 0 Å². The smallest absolute Gasteiger partial charge is 0.233 e. The molecule has 0 aromatic heterocycles. The highest BCUT2D eigenvalue weighted by Gasteiger charge is 2.23. The summed E-state index contributed by atoms with van der Waals surface area (Å²) < 4.78 is 4.92. The number of aliphatic hydroxyl groups excluding tert-OH is 1. The summed E-state index contributed by atoms with van der Waals surface area (Å²) in [5.74, 6) is 0. The van der Waals surface area contributed by atoms with Crippen molar-refractivity contribution in [1.82, 2.24) is 5.01 Å². The van der Waals surface area contributed by atoms with E-state index in [1.165, 1.54) is 5.01 Å². The van der Waals surface area contributed by atoms with Gasteiger partial charge >= 0.3 is 0 Å². The maximum Gasteiger partial charge on any atom is 0.233 e. The molecule has 96 valence electrons. The van der Waals surface area contributed by atoms with Crippen LogP contribution in [0.1, 0.15) is 20.8 Å². The van der Waals surface area contributed by atoms with Crippen molar-refractivity contribution in [3.8, 4) is 0 Å². The summed E-state index contributed by atoms with van der Waals surface area (Å²) in [5.41, 5.74) is -0.317. The minimum atomic E-state index is -0.317. The summed E-state index contributed by atoms with van der Waals surface area (Å²) in [4.78, 5) is 5.14. The number of hydrogen-bond donors (Lipinski definition) is 1. The van der Waals surface area contributed by atoms with Crippen molar-refractivity contribution in [2.24, 2.45) is 5.28 Å². The van der Waals surface area contributed by atoms with Crippen LogP contribution in [0.25, 0.3) is 0 Å². The number of hydrazine groups is 1. The first-order valence-electron chi connectivity index (χ1n) is 5.12. The normalized spacial score (nSPS) is 12.7. The van der Waals surface area contributed by atoms with E-state index in [2.05, 4.69) is 5.28 Å². The lowest BCUT2D eigenvalue weighted by Crippen LogP contribution is -2.42. The first-order valence-corrected chi connectivity index (χ1v) is 5.12. The summed E-state index contributed by atoms with van der Waals surface area (Å²) >= 11 is 0. The minimum Gasteiger partial charge on any atom is -0.569 e. The lowest BCUT2D eigenvalue weighted by atomic mass is 10.1. The monoisotopic (exact) mass is 235 g/mol. The Balaban J connectivity index is 3.79. The van der Waals surface area contributed by atoms with Crippen LogP contribution < -0.4 is 0 Å². The van der Waals surface area contributed by atoms with Crippen LogP contribution in [-0.2, 0) is 9.57 Å². The SMILES string of the molecule is CN(/[N+]([O-])=N/OCCOCCO)C(C)(C)C. The molecule has 7 nitrogen and oxygen atoms in total. The summed E-state index contributed by atoms with van der Waals surface area (Å²) in [6.45, 7) is 6.35. The summed E-state index contributed by atoms with van der Waals surface area (Å²) in [5, 5.41) is 24.5. The van der Waals surface area contributed by atoms with Gasteiger partial charge in [0.25, 0.3) is 0 Å². The Kier molecular flexibility index (Phi) is 6.75. The Morgan fingerprint density at radius 1 is 1.31 bits per heavy atom. The molecule has 0 atom stereocenters. The molecule has 0 bridgehead atoms. The molecule has 0 aliphatic rings. The van der Waals surface area contributed by atoms with Crippen molar-refractivity contribution in [3.05, 3.63) is 5.21 Å². The van der Waals surface area contributed by atoms with E-state index >= 15 is 0 Å². The molecule has 0 unspecified atom stereocenters. The van der Waals surface area contributed by atoms with Crippen LogP contribution in [0.2, 0.25) is 0 Å². The van der Waals surface area contributed by atoms with E-state index in [-0.39, 0.29) is 32.0 Å². The molecule has 0 aromatic carbocycles. The highest BCUT2D eigenvalue weighted by molar-refractivity contribution is 4.64. The lowest BCUT2D eigenvalue weighted by Gasteiger charge is -2.26. The molecule has 0 saturated carbocycles. The molecule has 0 aliphatic heterocycles. The van der Waals surface area contributed by atoms with Crippen LogP contribution in [0.3, 0.4) is 0 Å². The fourth-order valence-electron chi connectivity index (χ4n) is 0.664. The Bertz CT molecular complexity index is 215. The van der Waals surface area contributed by atoms with Crippen LogP contribution in [0.5, 0.6) is 0 Å². The average Bonchev–Trinajstić information content (AvgIpc) is 2.20. The third kappa shape index (κ3) is 6.41. The fourth-order valence-corrected chi connectivity index (χ4v) is 0.664. The molecular formula is C9H21N3O4. The fraction of sp³-hybridized carbons (Fsp3) is 1.00. The molecule has 0 rings (SSSR count). The van der Waals surface area contributed by atoms with E-state index in [4.69, 9.17) is 14.7 Å². The zero-order valence-corrected chi connectivity index (χ0v) is 10.3. The van der Waals surface area contributed by atoms with Crippen LogP contribution >= 0.6 is 0 Å². The number of hydrogen-bond acceptors (Lipinski definition) is 5. The van der Waals surface area contributed by atoms with Crippen LogP contribution in [0, 0.1) is 5.21 Å². The number of nitrogens with zero attached hydrogens (tertiary/aromatic N) is 3. The Hall–Kier alpha value is -1.08. The zero-order chi connectivity index (χ0) is 12.6. The van der Waals surface area contributed by atoms with E-state index in [0.29, 0.717) is 4.97 Å². The molecule has 1 N–H and O–H groups in total. The van der Waals surface area contributed by atoms with Gasteiger partial charge in [0.05, 0.1) is 37.4 Å². The van der Waals surface area contributed by atoms with Crippen LogP contribution in [0.15, 0.2) is 5.28 Å². The maximum atomic E-state index is 11.3. The van der Waals surface area contributed by atoms with Crippen molar-refractivity contribution in [2.75, 3.05) is 33.5 Å². The topological polar surface area (TPSA) is 80.4 Å². The molecule has 0 saturated heterocycles. The van der Waals surface area contributed by atoms with Crippen molar-refractivity contribution >= 4 is 0 Å². The molecule has 7 heteroatoms. The predicted octanol–water partition coefficient (Wildman–Crippen LogP) is 0.535. The standard InChI is InChI=1S/C9H21N3O4/c1-9(2,3)11(4)12(14)10-16-8-7-15-6-5-13/h13H,5-8H2,1-4H3/b12-10-. The van der Waals surface area contributed by atoms with Gasteiger partial charge in [0.15, 0.2) is 0 Å².